The van der Waals surface area contributed by atoms with Gasteiger partial charge in [-0.1, -0.05) is 0 Å². The summed E-state index contributed by atoms with van der Waals surface area (Å²) in [4.78, 5) is 29.2. The van der Waals surface area contributed by atoms with E-state index >= 15 is 0 Å². The van der Waals surface area contributed by atoms with Crippen LogP contribution in [0, 0.1) is 5.82 Å². The predicted molar refractivity (Wildman–Crippen MR) is 103 cm³/mol. The normalized spacial score (nSPS) is 26.1. The summed E-state index contributed by atoms with van der Waals surface area (Å²) in [5.41, 5.74) is 0.594. The molecule has 154 valence electrons. The van der Waals surface area contributed by atoms with Crippen LogP contribution >= 0.6 is 0 Å². The number of quaternary nitrogens is 2. The Balaban J connectivity index is 1.39. The largest absolute Gasteiger partial charge is 0.364 e. The molecule has 1 aromatic carbocycles. The van der Waals surface area contributed by atoms with E-state index in [0.717, 1.165) is 31.1 Å². The maximum atomic E-state index is 12.9. The van der Waals surface area contributed by atoms with Crippen molar-refractivity contribution in [3.8, 4) is 0 Å². The highest BCUT2D eigenvalue weighted by atomic mass is 19.1. The number of anilines is 1. The van der Waals surface area contributed by atoms with Crippen LogP contribution in [0.25, 0.3) is 0 Å². The second kappa shape index (κ2) is 9.45. The van der Waals surface area contributed by atoms with Gasteiger partial charge in [0, 0.05) is 5.69 Å². The van der Waals surface area contributed by atoms with Crippen molar-refractivity contribution in [2.24, 2.45) is 0 Å². The third-order valence-electron chi connectivity index (χ3n) is 5.38. The van der Waals surface area contributed by atoms with Crippen molar-refractivity contribution in [2.45, 2.75) is 26.1 Å². The Hall–Kier alpha value is -2.03. The first-order valence-electron chi connectivity index (χ1n) is 10.0. The zero-order valence-corrected chi connectivity index (χ0v) is 16.7. The van der Waals surface area contributed by atoms with E-state index in [2.05, 4.69) is 19.2 Å². The standard InChI is InChI=1S/C20H29FN4O3/c1-15-11-24(12-16(2)28-15)14-20(27)25-9-7-23(8-10-25)13-19(26)22-18-5-3-17(21)4-6-18/h3-6,15-16H,7-14H2,1-2H3,(H,22,26)/p+2/t15-,16+. The Kier molecular flexibility index (Phi) is 6.98. The van der Waals surface area contributed by atoms with E-state index in [1.807, 2.05) is 4.90 Å². The topological polar surface area (TPSA) is 67.5 Å². The number of nitrogens with zero attached hydrogens (tertiary/aromatic N) is 1. The molecule has 2 aliphatic rings. The van der Waals surface area contributed by atoms with Gasteiger partial charge < -0.3 is 24.8 Å². The van der Waals surface area contributed by atoms with Crippen LogP contribution in [-0.2, 0) is 14.3 Å². The quantitative estimate of drug-likeness (QED) is 0.551. The van der Waals surface area contributed by atoms with E-state index in [1.165, 1.54) is 17.0 Å². The molecule has 0 bridgehead atoms. The molecule has 2 fully saturated rings. The van der Waals surface area contributed by atoms with E-state index < -0.39 is 0 Å². The van der Waals surface area contributed by atoms with Gasteiger partial charge in [0.25, 0.3) is 11.8 Å². The molecule has 2 saturated heterocycles. The Morgan fingerprint density at radius 1 is 1.07 bits per heavy atom. The molecule has 0 spiro atoms. The third kappa shape index (κ3) is 5.98. The van der Waals surface area contributed by atoms with Gasteiger partial charge in [-0.2, -0.15) is 0 Å². The highest BCUT2D eigenvalue weighted by Crippen LogP contribution is 2.07. The average Bonchev–Trinajstić information content (AvgIpc) is 2.63. The highest BCUT2D eigenvalue weighted by molar-refractivity contribution is 5.91. The van der Waals surface area contributed by atoms with Crippen molar-refractivity contribution < 1.29 is 28.5 Å². The molecule has 0 aromatic heterocycles. The molecule has 3 atom stereocenters. The monoisotopic (exact) mass is 394 g/mol. The number of rotatable bonds is 5. The molecule has 7 nitrogen and oxygen atoms in total. The third-order valence-corrected chi connectivity index (χ3v) is 5.38. The fourth-order valence-corrected chi connectivity index (χ4v) is 4.07. The molecular formula is C20H31FN4O3+2. The first-order chi connectivity index (χ1) is 13.4. The molecule has 2 amide bonds. The maximum absolute atomic E-state index is 12.9. The van der Waals surface area contributed by atoms with Crippen LogP contribution in [0.5, 0.6) is 0 Å². The molecule has 0 aliphatic carbocycles. The highest BCUT2D eigenvalue weighted by Gasteiger charge is 2.31. The van der Waals surface area contributed by atoms with Gasteiger partial charge in [-0.3, -0.25) is 9.59 Å². The number of hydrogen-bond donors (Lipinski definition) is 3. The van der Waals surface area contributed by atoms with Crippen LogP contribution in [-0.4, -0.2) is 81.3 Å². The van der Waals surface area contributed by atoms with Crippen molar-refractivity contribution in [2.75, 3.05) is 57.7 Å². The molecule has 3 N–H and O–H groups in total. The van der Waals surface area contributed by atoms with Gasteiger partial charge in [0.1, 0.15) is 31.1 Å². The van der Waals surface area contributed by atoms with E-state index in [-0.39, 0.29) is 29.8 Å². The second-order valence-corrected chi connectivity index (χ2v) is 7.95. The summed E-state index contributed by atoms with van der Waals surface area (Å²) in [7, 11) is 0. The summed E-state index contributed by atoms with van der Waals surface area (Å²) in [6, 6.07) is 5.75. The lowest BCUT2D eigenvalue weighted by molar-refractivity contribution is -0.908. The minimum absolute atomic E-state index is 0.0953. The van der Waals surface area contributed by atoms with Gasteiger partial charge in [-0.25, -0.2) is 4.39 Å². The number of nitrogens with one attached hydrogen (secondary N) is 3. The number of carbonyl (C=O) groups is 2. The number of carbonyl (C=O) groups excluding carboxylic acids is 2. The van der Waals surface area contributed by atoms with Crippen LogP contribution in [0.3, 0.4) is 0 Å². The summed E-state index contributed by atoms with van der Waals surface area (Å²) in [5, 5.41) is 2.79. The maximum Gasteiger partial charge on any atom is 0.279 e. The first-order valence-corrected chi connectivity index (χ1v) is 10.0. The van der Waals surface area contributed by atoms with Crippen molar-refractivity contribution in [1.29, 1.82) is 0 Å². The summed E-state index contributed by atoms with van der Waals surface area (Å²) in [5.74, 6) is -0.236. The van der Waals surface area contributed by atoms with Gasteiger partial charge in [0.05, 0.1) is 26.2 Å². The SMILES string of the molecule is C[C@@H]1C[NH+](CC(=O)N2CC[NH+](CC(=O)Nc3ccc(F)cc3)CC2)C[C@H](C)O1. The molecule has 0 saturated carbocycles. The first kappa shape index (κ1) is 20.7. The number of halogens is 1. The fraction of sp³-hybridized carbons (Fsp3) is 0.600. The molecule has 0 radical (unpaired) electrons. The summed E-state index contributed by atoms with van der Waals surface area (Å²) < 4.78 is 18.7. The van der Waals surface area contributed by atoms with Crippen LogP contribution in [0.2, 0.25) is 0 Å². The van der Waals surface area contributed by atoms with E-state index in [4.69, 9.17) is 4.74 Å². The molecule has 2 aliphatic heterocycles. The number of ether oxygens (including phenoxy) is 1. The Bertz CT molecular complexity index is 667. The Morgan fingerprint density at radius 2 is 1.68 bits per heavy atom. The number of amides is 2. The van der Waals surface area contributed by atoms with Gasteiger partial charge >= 0.3 is 0 Å². The average molecular weight is 394 g/mol. The van der Waals surface area contributed by atoms with E-state index in [1.54, 1.807) is 12.1 Å². The van der Waals surface area contributed by atoms with Crippen LogP contribution in [0.1, 0.15) is 13.8 Å². The number of hydrogen-bond acceptors (Lipinski definition) is 3. The minimum Gasteiger partial charge on any atom is -0.364 e. The molecule has 3 rings (SSSR count). The lowest BCUT2D eigenvalue weighted by atomic mass is 10.2. The number of benzene rings is 1. The zero-order chi connectivity index (χ0) is 20.1. The van der Waals surface area contributed by atoms with Crippen LogP contribution < -0.4 is 15.1 Å². The van der Waals surface area contributed by atoms with Crippen molar-refractivity contribution >= 4 is 17.5 Å². The number of piperazine rings is 1. The molecule has 28 heavy (non-hydrogen) atoms. The second-order valence-electron chi connectivity index (χ2n) is 7.95. The lowest BCUT2D eigenvalue weighted by Gasteiger charge is -2.35. The van der Waals surface area contributed by atoms with Gasteiger partial charge in [-0.15, -0.1) is 0 Å². The van der Waals surface area contributed by atoms with Crippen molar-refractivity contribution in [3.63, 3.8) is 0 Å². The zero-order valence-electron chi connectivity index (χ0n) is 16.7. The summed E-state index contributed by atoms with van der Waals surface area (Å²) in [6.45, 7) is 9.57. The van der Waals surface area contributed by atoms with Crippen molar-refractivity contribution in [1.82, 2.24) is 4.90 Å². The van der Waals surface area contributed by atoms with E-state index in [9.17, 15) is 14.0 Å². The molecule has 2 heterocycles. The van der Waals surface area contributed by atoms with E-state index in [0.29, 0.717) is 31.9 Å². The summed E-state index contributed by atoms with van der Waals surface area (Å²) >= 11 is 0. The van der Waals surface area contributed by atoms with Crippen LogP contribution in [0.15, 0.2) is 24.3 Å². The number of morpholine rings is 1. The van der Waals surface area contributed by atoms with Gasteiger partial charge in [0.15, 0.2) is 13.1 Å². The fourth-order valence-electron chi connectivity index (χ4n) is 4.07. The predicted octanol–water partition coefficient (Wildman–Crippen LogP) is -1.82. The smallest absolute Gasteiger partial charge is 0.279 e. The molecule has 1 unspecified atom stereocenters. The Labute approximate surface area is 165 Å². The minimum atomic E-state index is -0.327. The van der Waals surface area contributed by atoms with Gasteiger partial charge in [0.2, 0.25) is 0 Å². The van der Waals surface area contributed by atoms with Crippen molar-refractivity contribution in [3.05, 3.63) is 30.1 Å². The lowest BCUT2D eigenvalue weighted by Crippen LogP contribution is -3.17. The Morgan fingerprint density at radius 3 is 2.29 bits per heavy atom. The van der Waals surface area contributed by atoms with Gasteiger partial charge in [-0.05, 0) is 38.1 Å². The molecule has 8 heteroatoms. The summed E-state index contributed by atoms with van der Waals surface area (Å²) in [6.07, 6.45) is 0.375. The van der Waals surface area contributed by atoms with Crippen LogP contribution in [0.4, 0.5) is 10.1 Å². The molecular weight excluding hydrogens is 363 g/mol. The molecule has 1 aromatic rings.